The van der Waals surface area contributed by atoms with Gasteiger partial charge in [-0.3, -0.25) is 0 Å². The molecule has 0 spiro atoms. The molecule has 0 unspecified atom stereocenters. The lowest BCUT2D eigenvalue weighted by atomic mass is 9.85. The summed E-state index contributed by atoms with van der Waals surface area (Å²) < 4.78 is 28.2. The molecule has 4 aromatic rings. The summed E-state index contributed by atoms with van der Waals surface area (Å²) in [6.07, 6.45) is 4.15. The topological polar surface area (TPSA) is 69.6 Å². The summed E-state index contributed by atoms with van der Waals surface area (Å²) in [5, 5.41) is 12.2. The molecule has 0 radical (unpaired) electrons. The van der Waals surface area contributed by atoms with Crippen LogP contribution in [0.25, 0.3) is 28.0 Å². The van der Waals surface area contributed by atoms with E-state index >= 15 is 0 Å². The van der Waals surface area contributed by atoms with E-state index in [0.29, 0.717) is 17.2 Å². The van der Waals surface area contributed by atoms with Crippen molar-refractivity contribution in [3.63, 3.8) is 0 Å². The molecule has 2 heterocycles. The van der Waals surface area contributed by atoms with E-state index in [9.17, 15) is 5.11 Å². The Morgan fingerprint density at radius 2 is 1.62 bits per heavy atom. The minimum Gasteiger partial charge on any atom is -0.504 e. The molecule has 0 bridgehead atoms. The Balaban J connectivity index is 1.57. The third-order valence-electron chi connectivity index (χ3n) is 7.10. The minimum atomic E-state index is -0.177. The van der Waals surface area contributed by atoms with Gasteiger partial charge in [0.1, 0.15) is 0 Å². The first-order valence-electron chi connectivity index (χ1n) is 11.9. The number of phenolic OH excluding ortho intramolecular Hbond substituents is 1. The molecule has 0 fully saturated rings. The molecule has 0 saturated heterocycles. The molecule has 2 aliphatic heterocycles. The molecule has 1 N–H and O–H groups in total. The number of hydrogen-bond donors (Lipinski definition) is 1. The van der Waals surface area contributed by atoms with Gasteiger partial charge in [0.25, 0.3) is 0 Å². The van der Waals surface area contributed by atoms with Crippen molar-refractivity contribution in [2.24, 2.45) is 0 Å². The number of phenols is 1. The molecule has 0 saturated carbocycles. The van der Waals surface area contributed by atoms with Crippen LogP contribution in [-0.2, 0) is 0 Å². The molecule has 6 rings (SSSR count). The van der Waals surface area contributed by atoms with Crippen LogP contribution in [0.15, 0.2) is 60.7 Å². The molecule has 7 heteroatoms. The average molecular weight is 498 g/mol. The second-order valence-corrected chi connectivity index (χ2v) is 9.00. The molecular weight excluding hydrogens is 470 g/mol. The summed E-state index contributed by atoms with van der Waals surface area (Å²) >= 11 is 0. The van der Waals surface area contributed by atoms with Crippen LogP contribution in [0.5, 0.6) is 34.5 Å². The van der Waals surface area contributed by atoms with Crippen LogP contribution in [0, 0.1) is 0 Å². The molecule has 1 atom stereocenters. The third kappa shape index (κ3) is 3.57. The van der Waals surface area contributed by atoms with Crippen molar-refractivity contribution >= 4 is 22.5 Å². The number of nitrogens with zero attached hydrogens (tertiary/aromatic N) is 1. The summed E-state index contributed by atoms with van der Waals surface area (Å²) in [5.41, 5.74) is 5.18. The number of likely N-dealkylation sites (N-methyl/N-ethyl adjacent to an activating group) is 1. The normalized spacial score (nSPS) is 15.6. The van der Waals surface area contributed by atoms with Gasteiger partial charge in [-0.2, -0.15) is 0 Å². The van der Waals surface area contributed by atoms with E-state index in [-0.39, 0.29) is 18.6 Å². The van der Waals surface area contributed by atoms with E-state index in [1.54, 1.807) is 27.4 Å². The number of anilines is 1. The fraction of sp³-hybridized carbons (Fsp3) is 0.200. The van der Waals surface area contributed by atoms with Gasteiger partial charge < -0.3 is 33.7 Å². The summed E-state index contributed by atoms with van der Waals surface area (Å²) in [6.45, 7) is 0.227. The van der Waals surface area contributed by atoms with Crippen LogP contribution in [0.4, 0.5) is 5.69 Å². The van der Waals surface area contributed by atoms with Gasteiger partial charge in [-0.1, -0.05) is 30.4 Å². The Kier molecular flexibility index (Phi) is 5.48. The van der Waals surface area contributed by atoms with Gasteiger partial charge in [0.15, 0.2) is 34.5 Å². The predicted octanol–water partition coefficient (Wildman–Crippen LogP) is 6.17. The quantitative estimate of drug-likeness (QED) is 0.354. The van der Waals surface area contributed by atoms with E-state index in [1.165, 1.54) is 0 Å². The number of benzene rings is 4. The van der Waals surface area contributed by atoms with Crippen LogP contribution >= 0.6 is 0 Å². The van der Waals surface area contributed by atoms with Crippen LogP contribution in [0.3, 0.4) is 0 Å². The summed E-state index contributed by atoms with van der Waals surface area (Å²) in [6, 6.07) is 17.5. The number of aromatic hydroxyl groups is 1. The van der Waals surface area contributed by atoms with E-state index in [1.807, 2.05) is 30.3 Å². The van der Waals surface area contributed by atoms with E-state index < -0.39 is 0 Å². The molecule has 37 heavy (non-hydrogen) atoms. The summed E-state index contributed by atoms with van der Waals surface area (Å²) in [7, 11) is 6.93. The molecule has 7 nitrogen and oxygen atoms in total. The number of methoxy groups -OCH3 is 3. The lowest BCUT2D eigenvalue weighted by Crippen LogP contribution is -2.28. The maximum atomic E-state index is 10.0. The maximum Gasteiger partial charge on any atom is 0.231 e. The van der Waals surface area contributed by atoms with Crippen molar-refractivity contribution in [1.82, 2.24) is 0 Å². The highest BCUT2D eigenvalue weighted by Gasteiger charge is 2.33. The van der Waals surface area contributed by atoms with Gasteiger partial charge in [0.05, 0.1) is 33.1 Å². The van der Waals surface area contributed by atoms with Gasteiger partial charge >= 0.3 is 0 Å². The molecular formula is C30H27NO6. The highest BCUT2D eigenvalue weighted by atomic mass is 16.7. The summed E-state index contributed by atoms with van der Waals surface area (Å²) in [4.78, 5) is 2.25. The maximum absolute atomic E-state index is 10.0. The van der Waals surface area contributed by atoms with Crippen molar-refractivity contribution in [1.29, 1.82) is 0 Å². The largest absolute Gasteiger partial charge is 0.504 e. The second-order valence-electron chi connectivity index (χ2n) is 9.00. The fourth-order valence-electron chi connectivity index (χ4n) is 5.33. The Bertz CT molecular complexity index is 1560. The Labute approximate surface area is 215 Å². The van der Waals surface area contributed by atoms with Gasteiger partial charge in [-0.15, -0.1) is 0 Å². The van der Waals surface area contributed by atoms with Gasteiger partial charge in [0.2, 0.25) is 6.79 Å². The number of fused-ring (bicyclic) bond motifs is 6. The first-order valence-corrected chi connectivity index (χ1v) is 11.9. The van der Waals surface area contributed by atoms with Crippen molar-refractivity contribution < 1.29 is 28.8 Å². The van der Waals surface area contributed by atoms with Crippen LogP contribution in [0.2, 0.25) is 0 Å². The van der Waals surface area contributed by atoms with Crippen molar-refractivity contribution in [3.8, 4) is 45.6 Å². The Hall–Kier alpha value is -4.52. The van der Waals surface area contributed by atoms with Crippen LogP contribution in [-0.4, -0.2) is 40.3 Å². The third-order valence-corrected chi connectivity index (χ3v) is 7.10. The highest BCUT2D eigenvalue weighted by Crippen LogP contribution is 2.54. The Morgan fingerprint density at radius 1 is 0.865 bits per heavy atom. The van der Waals surface area contributed by atoms with Crippen LogP contribution < -0.4 is 28.6 Å². The smallest absolute Gasteiger partial charge is 0.231 e. The average Bonchev–Trinajstić information content (AvgIpc) is 3.38. The Morgan fingerprint density at radius 3 is 2.38 bits per heavy atom. The zero-order valence-electron chi connectivity index (χ0n) is 21.1. The first kappa shape index (κ1) is 22.9. The van der Waals surface area contributed by atoms with E-state index in [4.69, 9.17) is 23.7 Å². The predicted molar refractivity (Wildman–Crippen MR) is 143 cm³/mol. The highest BCUT2D eigenvalue weighted by molar-refractivity contribution is 6.06. The van der Waals surface area contributed by atoms with Crippen molar-refractivity contribution in [2.75, 3.05) is 40.1 Å². The molecule has 0 aliphatic carbocycles. The van der Waals surface area contributed by atoms with Crippen molar-refractivity contribution in [2.45, 2.75) is 6.04 Å². The standard InChI is InChI=1S/C30H27NO6/c1-31-22(10-5-17-6-11-23(32)25(13-17)34-3)28-19(9-12-24(33-2)30(28)35-4)20-8-7-18-14-26-27(37-16-36-26)15-21(18)29(20)31/h5-15,22,32H,16H2,1-4H3/b10-5+/t22-/m1/s1. The molecule has 0 aromatic heterocycles. The molecule has 188 valence electrons. The SMILES string of the molecule is COc1cc(/C=C/[C@@H]2c3c(ccc(OC)c3OC)-c3ccc4cc5c(cc4c3N2C)OCO5)ccc1O. The van der Waals surface area contributed by atoms with Gasteiger partial charge in [-0.05, 0) is 52.9 Å². The molecule has 0 amide bonds. The zero-order chi connectivity index (χ0) is 25.7. The van der Waals surface area contributed by atoms with Gasteiger partial charge in [-0.25, -0.2) is 0 Å². The van der Waals surface area contributed by atoms with E-state index in [0.717, 1.165) is 50.2 Å². The lowest BCUT2D eigenvalue weighted by molar-refractivity contribution is 0.174. The van der Waals surface area contributed by atoms with Crippen LogP contribution in [0.1, 0.15) is 17.2 Å². The number of rotatable bonds is 5. The zero-order valence-corrected chi connectivity index (χ0v) is 21.1. The molecule has 2 aliphatic rings. The van der Waals surface area contributed by atoms with Gasteiger partial charge in [0, 0.05) is 23.6 Å². The first-order chi connectivity index (χ1) is 18.0. The summed E-state index contributed by atoms with van der Waals surface area (Å²) in [5.74, 6) is 3.40. The van der Waals surface area contributed by atoms with Crippen molar-refractivity contribution in [3.05, 3.63) is 71.8 Å². The lowest BCUT2D eigenvalue weighted by Gasteiger charge is -2.38. The monoisotopic (exact) mass is 497 g/mol. The van der Waals surface area contributed by atoms with E-state index in [2.05, 4.69) is 42.3 Å². The minimum absolute atomic E-state index is 0.102. The second kappa shape index (κ2) is 8.85. The number of ether oxygens (including phenoxy) is 5. The fourth-order valence-corrected chi connectivity index (χ4v) is 5.33. The number of hydrogen-bond acceptors (Lipinski definition) is 7. The molecule has 4 aromatic carbocycles.